The summed E-state index contributed by atoms with van der Waals surface area (Å²) in [4.78, 5) is 0.187. The summed E-state index contributed by atoms with van der Waals surface area (Å²) in [5.74, 6) is -0.457. The topological polar surface area (TPSA) is 86.7 Å². The van der Waals surface area contributed by atoms with E-state index in [1.807, 2.05) is 13.8 Å². The molecule has 150 valence electrons. The van der Waals surface area contributed by atoms with E-state index in [2.05, 4.69) is 0 Å². The minimum Gasteiger partial charge on any atom is -0.266 e. The minimum atomic E-state index is -3.86. The molecular weight excluding hydrogens is 400 g/mol. The first-order valence-corrected chi connectivity index (χ1v) is 11.6. The molecule has 1 aliphatic carbocycles. The second-order valence-corrected chi connectivity index (χ2v) is 10.0. The van der Waals surface area contributed by atoms with E-state index >= 15 is 0 Å². The molecule has 3 rings (SSSR count). The number of hydrogen-bond donors (Lipinski definition) is 0. The van der Waals surface area contributed by atoms with Crippen LogP contribution in [0.25, 0.3) is 0 Å². The lowest BCUT2D eigenvalue weighted by molar-refractivity contribution is 0.183. The quantitative estimate of drug-likeness (QED) is 0.480. The highest BCUT2D eigenvalue weighted by atomic mass is 32.2. The number of benzene rings is 2. The van der Waals surface area contributed by atoms with Crippen molar-refractivity contribution in [3.63, 3.8) is 0 Å². The molecule has 0 unspecified atom stereocenters. The minimum absolute atomic E-state index is 0.0642. The molecule has 1 aliphatic rings. The molecule has 0 amide bonds. The van der Waals surface area contributed by atoms with Gasteiger partial charge in [-0.1, -0.05) is 47.5 Å². The van der Waals surface area contributed by atoms with E-state index in [0.717, 1.165) is 11.1 Å². The molecule has 0 N–H and O–H groups in total. The van der Waals surface area contributed by atoms with Gasteiger partial charge >= 0.3 is 0 Å². The molecule has 8 heteroatoms. The first kappa shape index (κ1) is 20.7. The Hall–Kier alpha value is -2.00. The summed E-state index contributed by atoms with van der Waals surface area (Å²) < 4.78 is 59.3. The van der Waals surface area contributed by atoms with Gasteiger partial charge in [-0.25, -0.2) is 0 Å². The van der Waals surface area contributed by atoms with Crippen LogP contribution in [0.5, 0.6) is 0 Å². The number of hydrogen-bond acceptors (Lipinski definition) is 6. The van der Waals surface area contributed by atoms with Gasteiger partial charge in [-0.05, 0) is 38.1 Å². The van der Waals surface area contributed by atoms with E-state index in [1.54, 1.807) is 36.4 Å². The molecule has 0 spiro atoms. The molecule has 0 fully saturated rings. The first-order chi connectivity index (χ1) is 13.2. The van der Waals surface area contributed by atoms with Crippen LogP contribution in [0, 0.1) is 25.7 Å². The average molecular weight is 423 g/mol. The van der Waals surface area contributed by atoms with E-state index < -0.39 is 20.2 Å². The van der Waals surface area contributed by atoms with Crippen LogP contribution < -0.4 is 0 Å². The van der Waals surface area contributed by atoms with E-state index in [-0.39, 0.29) is 34.8 Å². The summed E-state index contributed by atoms with van der Waals surface area (Å²) in [5.41, 5.74) is 1.90. The molecule has 2 atom stereocenters. The predicted molar refractivity (Wildman–Crippen MR) is 105 cm³/mol. The lowest BCUT2D eigenvalue weighted by atomic mass is 9.84. The molecule has 0 saturated carbocycles. The van der Waals surface area contributed by atoms with Gasteiger partial charge in [0.1, 0.15) is 0 Å². The van der Waals surface area contributed by atoms with E-state index in [4.69, 9.17) is 8.37 Å². The zero-order chi connectivity index (χ0) is 20.4. The summed E-state index contributed by atoms with van der Waals surface area (Å²) in [7, 11) is -7.71. The second kappa shape index (κ2) is 8.16. The fourth-order valence-corrected chi connectivity index (χ4v) is 4.55. The van der Waals surface area contributed by atoms with Crippen LogP contribution in [0.15, 0.2) is 70.5 Å². The van der Waals surface area contributed by atoms with Gasteiger partial charge in [-0.3, -0.25) is 8.37 Å². The van der Waals surface area contributed by atoms with Gasteiger partial charge in [0.05, 0.1) is 23.0 Å². The zero-order valence-corrected chi connectivity index (χ0v) is 17.2. The van der Waals surface area contributed by atoms with Gasteiger partial charge in [-0.2, -0.15) is 16.8 Å². The molecular formula is C20H22O6S2. The summed E-state index contributed by atoms with van der Waals surface area (Å²) in [6, 6.07) is 12.8. The molecule has 2 aromatic rings. The number of aryl methyl sites for hydroxylation is 2. The third kappa shape index (κ3) is 4.88. The molecule has 6 nitrogen and oxygen atoms in total. The SMILES string of the molecule is Cc1ccc(S(=O)(=O)OC[C@H]2C=C[C@H]2COS(=O)(=O)c2ccc(C)cc2)cc1. The lowest BCUT2D eigenvalue weighted by Gasteiger charge is -2.28. The van der Waals surface area contributed by atoms with E-state index in [1.165, 1.54) is 24.3 Å². The molecule has 0 saturated heterocycles. The normalized spacial score (nSPS) is 19.4. The van der Waals surface area contributed by atoms with Crippen LogP contribution in [0.1, 0.15) is 11.1 Å². The van der Waals surface area contributed by atoms with Gasteiger partial charge in [-0.15, -0.1) is 0 Å². The highest BCUT2D eigenvalue weighted by Crippen LogP contribution is 2.28. The molecule has 0 aliphatic heterocycles. The number of rotatable bonds is 8. The zero-order valence-electron chi connectivity index (χ0n) is 15.6. The van der Waals surface area contributed by atoms with Gasteiger partial charge in [0.2, 0.25) is 0 Å². The summed E-state index contributed by atoms with van der Waals surface area (Å²) in [6.45, 7) is 3.61. The standard InChI is InChI=1S/C20H22O6S2/c1-15-3-9-19(10-4-15)27(21,22)25-13-17-7-8-18(17)14-26-28(23,24)20-11-5-16(2)6-12-20/h3-12,17-18H,13-14H2,1-2H3/t17-,18+. The highest BCUT2D eigenvalue weighted by molar-refractivity contribution is 7.87. The van der Waals surface area contributed by atoms with Crippen molar-refractivity contribution >= 4 is 20.2 Å². The van der Waals surface area contributed by atoms with Crippen molar-refractivity contribution < 1.29 is 25.2 Å². The van der Waals surface area contributed by atoms with Crippen molar-refractivity contribution in [1.82, 2.24) is 0 Å². The summed E-state index contributed by atoms with van der Waals surface area (Å²) in [5, 5.41) is 0. The van der Waals surface area contributed by atoms with E-state index in [0.29, 0.717) is 0 Å². The van der Waals surface area contributed by atoms with Crippen molar-refractivity contribution in [1.29, 1.82) is 0 Å². The van der Waals surface area contributed by atoms with Gasteiger partial charge in [0, 0.05) is 11.8 Å². The fraction of sp³-hybridized carbons (Fsp3) is 0.300. The van der Waals surface area contributed by atoms with Crippen molar-refractivity contribution in [2.45, 2.75) is 23.6 Å². The van der Waals surface area contributed by atoms with Crippen molar-refractivity contribution in [3.05, 3.63) is 71.8 Å². The Balaban J connectivity index is 1.54. The van der Waals surface area contributed by atoms with Crippen molar-refractivity contribution in [2.75, 3.05) is 13.2 Å². The Labute approximate surface area is 166 Å². The first-order valence-electron chi connectivity index (χ1n) is 8.78. The van der Waals surface area contributed by atoms with Crippen LogP contribution in [0.2, 0.25) is 0 Å². The maximum atomic E-state index is 12.3. The fourth-order valence-electron chi connectivity index (χ4n) is 2.67. The predicted octanol–water partition coefficient (Wildman–Crippen LogP) is 3.22. The lowest BCUT2D eigenvalue weighted by Crippen LogP contribution is -2.29. The van der Waals surface area contributed by atoms with Gasteiger partial charge in [0.25, 0.3) is 20.2 Å². The average Bonchev–Trinajstić information content (AvgIpc) is 2.61. The Morgan fingerprint density at radius 3 is 1.25 bits per heavy atom. The Bertz CT molecular complexity index is 965. The van der Waals surface area contributed by atoms with Crippen LogP contribution in [0.3, 0.4) is 0 Å². The van der Waals surface area contributed by atoms with Crippen LogP contribution >= 0.6 is 0 Å². The largest absolute Gasteiger partial charge is 0.296 e. The van der Waals surface area contributed by atoms with Crippen molar-refractivity contribution in [3.8, 4) is 0 Å². The molecule has 28 heavy (non-hydrogen) atoms. The Kier molecular flexibility index (Phi) is 6.04. The molecule has 0 heterocycles. The maximum Gasteiger partial charge on any atom is 0.296 e. The molecule has 0 bridgehead atoms. The van der Waals surface area contributed by atoms with Crippen molar-refractivity contribution in [2.24, 2.45) is 11.8 Å². The molecule has 0 radical (unpaired) electrons. The maximum absolute atomic E-state index is 12.3. The van der Waals surface area contributed by atoms with Crippen LogP contribution in [0.4, 0.5) is 0 Å². The van der Waals surface area contributed by atoms with E-state index in [9.17, 15) is 16.8 Å². The monoisotopic (exact) mass is 422 g/mol. The smallest absolute Gasteiger partial charge is 0.266 e. The van der Waals surface area contributed by atoms with Gasteiger partial charge in [0.15, 0.2) is 0 Å². The summed E-state index contributed by atoms with van der Waals surface area (Å²) in [6.07, 6.45) is 3.58. The Morgan fingerprint density at radius 1 is 0.643 bits per heavy atom. The van der Waals surface area contributed by atoms with Crippen LogP contribution in [-0.4, -0.2) is 30.0 Å². The van der Waals surface area contributed by atoms with Crippen LogP contribution in [-0.2, 0) is 28.6 Å². The highest BCUT2D eigenvalue weighted by Gasteiger charge is 2.29. The molecule has 0 aromatic heterocycles. The summed E-state index contributed by atoms with van der Waals surface area (Å²) >= 11 is 0. The molecule has 2 aromatic carbocycles. The third-order valence-electron chi connectivity index (χ3n) is 4.61. The third-order valence-corrected chi connectivity index (χ3v) is 7.20. The van der Waals surface area contributed by atoms with Gasteiger partial charge < -0.3 is 0 Å². The Morgan fingerprint density at radius 2 is 0.964 bits per heavy atom. The second-order valence-electron chi connectivity index (χ2n) is 6.82.